The predicted molar refractivity (Wildman–Crippen MR) is 30.9 cm³/mol. The molecule has 0 saturated carbocycles. The summed E-state index contributed by atoms with van der Waals surface area (Å²) in [5.41, 5.74) is 0. The van der Waals surface area contributed by atoms with Crippen molar-refractivity contribution in [1.82, 2.24) is 0 Å². The Bertz CT molecular complexity index is 15.2. The van der Waals surface area contributed by atoms with E-state index in [0.29, 0.717) is 0 Å². The molecule has 26 valence electrons. The van der Waals surface area contributed by atoms with Crippen molar-refractivity contribution in [2.24, 2.45) is 0 Å². The van der Waals surface area contributed by atoms with E-state index >= 15 is 0 Å². The van der Waals surface area contributed by atoms with Crippen molar-refractivity contribution in [3.05, 3.63) is 0 Å². The minimum Gasteiger partial charge on any atom is -1.00 e. The minimum absolute atomic E-state index is 0. The maximum Gasteiger partial charge on any atom is 1.00 e. The van der Waals surface area contributed by atoms with E-state index in [4.69, 9.17) is 0 Å². The molecule has 0 nitrogen and oxygen atoms in total. The molecule has 0 aliphatic rings. The first-order valence-corrected chi connectivity index (χ1v) is 0. The van der Waals surface area contributed by atoms with Crippen LogP contribution in [0.4, 0.5) is 0 Å². The molecule has 0 bridgehead atoms. The number of hydrogen-bond acceptors (Lipinski definition) is 0. The normalized spacial score (nSPS) is 0. The quantitative estimate of drug-likeness (QED) is 0.283. The molecule has 5 heavy (non-hydrogen) atoms. The summed E-state index contributed by atoms with van der Waals surface area (Å²) in [7, 11) is 0. The van der Waals surface area contributed by atoms with Crippen LogP contribution in [0.1, 0.15) is 11.7 Å². The Morgan fingerprint density at radius 1 is 1.00 bits per heavy atom. The van der Waals surface area contributed by atoms with E-state index in [0.717, 1.165) is 0 Å². The molecule has 0 fully saturated rings. The van der Waals surface area contributed by atoms with Crippen LogP contribution < -0.4 is 59.1 Å². The van der Waals surface area contributed by atoms with Crippen molar-refractivity contribution in [3.63, 3.8) is 0 Å². The van der Waals surface area contributed by atoms with E-state index in [2.05, 4.69) is 0 Å². The third-order valence-electron chi connectivity index (χ3n) is 0. The van der Waals surface area contributed by atoms with Gasteiger partial charge in [-0.2, -0.15) is 0 Å². The Kier molecular flexibility index (Phi) is 237. The third-order valence-corrected chi connectivity index (χ3v) is 0. The maximum absolute atomic E-state index is 0. The molecule has 0 aliphatic heterocycles. The van der Waals surface area contributed by atoms with Gasteiger partial charge in [-0.3, -0.25) is 0 Å². The van der Waals surface area contributed by atoms with Gasteiger partial charge in [0.05, 0.1) is 0 Å². The second-order valence-electron chi connectivity index (χ2n) is 0. The summed E-state index contributed by atoms with van der Waals surface area (Å²) in [4.78, 5) is 0. The largest absolute Gasteiger partial charge is 1.00 e. The van der Waals surface area contributed by atoms with E-state index < -0.39 is 0 Å². The van der Waals surface area contributed by atoms with Crippen molar-refractivity contribution in [1.29, 1.82) is 0 Å². The molecule has 0 N–H and O–H groups in total. The predicted octanol–water partition coefficient (Wildman–Crippen LogP) is -7.25. The topological polar surface area (TPSA) is 0 Å². The molecule has 0 amide bonds. The van der Waals surface area contributed by atoms with Crippen LogP contribution in [0.15, 0.2) is 0 Å². The monoisotopic (exact) mass is 126 g/mol. The first kappa shape index (κ1) is 42.9. The first-order chi connectivity index (χ1) is 0. The molecule has 0 aromatic rings. The fourth-order valence-corrected chi connectivity index (χ4v) is 0. The van der Waals surface area contributed by atoms with Gasteiger partial charge in [0, 0.05) is 1.43 Å². The SMILES string of the molecule is C.[AlH3].[AlH3].[H-].[H-].[HH].[Na+].[Na+]. The van der Waals surface area contributed by atoms with Crippen LogP contribution in [0.3, 0.4) is 0 Å². The molecular formula is CH14Al2Na2. The minimum atomic E-state index is 0. The summed E-state index contributed by atoms with van der Waals surface area (Å²) >= 11 is 0. The van der Waals surface area contributed by atoms with Crippen LogP contribution in [0.5, 0.6) is 0 Å². The first-order valence-electron chi connectivity index (χ1n) is 0. The van der Waals surface area contributed by atoms with Gasteiger partial charge < -0.3 is 2.85 Å². The van der Waals surface area contributed by atoms with Crippen LogP contribution in [0.25, 0.3) is 0 Å². The Labute approximate surface area is 104 Å². The number of rotatable bonds is 0. The zero-order valence-electron chi connectivity index (χ0n) is 4.00. The van der Waals surface area contributed by atoms with Crippen LogP contribution in [-0.4, -0.2) is 34.7 Å². The average molecular weight is 126 g/mol. The third kappa shape index (κ3) is 19.3. The summed E-state index contributed by atoms with van der Waals surface area (Å²) in [5.74, 6) is 0. The van der Waals surface area contributed by atoms with Crippen molar-refractivity contribution in [2.75, 3.05) is 0 Å². The molecule has 0 unspecified atom stereocenters. The van der Waals surface area contributed by atoms with Crippen molar-refractivity contribution >= 4 is 34.7 Å². The van der Waals surface area contributed by atoms with E-state index in [9.17, 15) is 0 Å². The van der Waals surface area contributed by atoms with Gasteiger partial charge >= 0.3 is 59.1 Å². The Balaban J connectivity index is 0. The van der Waals surface area contributed by atoms with Crippen LogP contribution in [0.2, 0.25) is 0 Å². The summed E-state index contributed by atoms with van der Waals surface area (Å²) in [6, 6.07) is 0. The van der Waals surface area contributed by atoms with Crippen LogP contribution >= 0.6 is 0 Å². The molecular weight excluding hydrogens is 112 g/mol. The Hall–Kier alpha value is 3.06. The van der Waals surface area contributed by atoms with E-state index in [1.807, 2.05) is 0 Å². The standard InChI is InChI=1S/CH4.2Al.2Na.H2.8H/h1H4;;;;;1H;;;;;;;;/q;;;2*+1;;;;;;;;2*-1. The van der Waals surface area contributed by atoms with Gasteiger partial charge in [0.2, 0.25) is 0 Å². The number of hydrogen-bond donors (Lipinski definition) is 0. The van der Waals surface area contributed by atoms with Gasteiger partial charge in [-0.25, -0.2) is 0 Å². The molecule has 0 aromatic heterocycles. The van der Waals surface area contributed by atoms with Gasteiger partial charge in [-0.15, -0.1) is 0 Å². The molecule has 4 heteroatoms. The van der Waals surface area contributed by atoms with E-state index in [-0.39, 0.29) is 106 Å². The molecule has 0 atom stereocenters. The average Bonchev–Trinajstić information content (AvgIpc) is 0. The molecule has 0 aromatic carbocycles. The van der Waals surface area contributed by atoms with Crippen molar-refractivity contribution < 1.29 is 63.4 Å². The van der Waals surface area contributed by atoms with Crippen molar-refractivity contribution in [2.45, 2.75) is 7.43 Å². The molecule has 0 spiro atoms. The van der Waals surface area contributed by atoms with Gasteiger partial charge in [-0.05, 0) is 0 Å². The Morgan fingerprint density at radius 3 is 1.00 bits per heavy atom. The Morgan fingerprint density at radius 2 is 1.00 bits per heavy atom. The van der Waals surface area contributed by atoms with Gasteiger partial charge in [0.15, 0.2) is 34.7 Å². The van der Waals surface area contributed by atoms with Gasteiger partial charge in [0.25, 0.3) is 0 Å². The molecule has 0 saturated heterocycles. The summed E-state index contributed by atoms with van der Waals surface area (Å²) in [6.07, 6.45) is 0. The molecule has 0 radical (unpaired) electrons. The molecule has 0 heterocycles. The fraction of sp³-hybridized carbons (Fsp3) is 1.00. The van der Waals surface area contributed by atoms with Crippen LogP contribution in [-0.2, 0) is 0 Å². The molecule has 0 aliphatic carbocycles. The smallest absolute Gasteiger partial charge is 1.00 e. The van der Waals surface area contributed by atoms with Crippen molar-refractivity contribution in [3.8, 4) is 0 Å². The second-order valence-corrected chi connectivity index (χ2v) is 0. The maximum atomic E-state index is 0. The van der Waals surface area contributed by atoms with Gasteiger partial charge in [0.1, 0.15) is 0 Å². The van der Waals surface area contributed by atoms with Crippen LogP contribution in [0, 0.1) is 0 Å². The van der Waals surface area contributed by atoms with Gasteiger partial charge in [-0.1, -0.05) is 7.43 Å². The fourth-order valence-electron chi connectivity index (χ4n) is 0. The van der Waals surface area contributed by atoms with E-state index in [1.54, 1.807) is 0 Å². The summed E-state index contributed by atoms with van der Waals surface area (Å²) < 4.78 is 0. The second kappa shape index (κ2) is 27.7. The zero-order chi connectivity index (χ0) is 0. The summed E-state index contributed by atoms with van der Waals surface area (Å²) in [5, 5.41) is 0. The molecule has 0 rings (SSSR count). The zero-order valence-corrected chi connectivity index (χ0v) is 6.00. The summed E-state index contributed by atoms with van der Waals surface area (Å²) in [6.45, 7) is 0. The van der Waals surface area contributed by atoms with E-state index in [1.165, 1.54) is 0 Å².